The van der Waals surface area contributed by atoms with Gasteiger partial charge < -0.3 is 10.2 Å². The highest BCUT2D eigenvalue weighted by atomic mass is 32.2. The van der Waals surface area contributed by atoms with Crippen molar-refractivity contribution in [2.45, 2.75) is 26.9 Å². The minimum atomic E-state index is -1.09. The van der Waals surface area contributed by atoms with Gasteiger partial charge in [0, 0.05) is 56.1 Å². The number of carboxylic acid groups (broad SMARTS) is 2. The summed E-state index contributed by atoms with van der Waals surface area (Å²) in [5.74, 6) is -2.85. The van der Waals surface area contributed by atoms with Crippen molar-refractivity contribution in [2.75, 3.05) is 38.7 Å². The van der Waals surface area contributed by atoms with Crippen LogP contribution in [0, 0.1) is 11.8 Å². The lowest BCUT2D eigenvalue weighted by molar-refractivity contribution is -0.160. The number of carbonyl (C=O) groups is 5. The van der Waals surface area contributed by atoms with Crippen molar-refractivity contribution in [3.8, 4) is 0 Å². The lowest BCUT2D eigenvalue weighted by Crippen LogP contribution is -2.49. The normalized spacial score (nSPS) is 12.0. The van der Waals surface area contributed by atoms with Crippen molar-refractivity contribution in [1.29, 1.82) is 0 Å². The fourth-order valence-corrected chi connectivity index (χ4v) is 5.38. The molecule has 13 heteroatoms. The number of aliphatic carboxylic acids is 2. The van der Waals surface area contributed by atoms with Crippen LogP contribution in [0.5, 0.6) is 0 Å². The Morgan fingerprint density at radius 2 is 1.02 bits per heavy atom. The number of thiol groups is 1. The molecule has 0 fully saturated rings. The van der Waals surface area contributed by atoms with E-state index in [0.717, 1.165) is 22.9 Å². The second-order valence-electron chi connectivity index (χ2n) is 11.1. The minimum absolute atomic E-state index is 0.109. The summed E-state index contributed by atoms with van der Waals surface area (Å²) < 4.78 is 0. The van der Waals surface area contributed by atoms with Gasteiger partial charge in [0.25, 0.3) is 0 Å². The molecule has 0 heterocycles. The number of nitrogens with zero attached hydrogens (tertiary/aromatic N) is 4. The van der Waals surface area contributed by atoms with Crippen LogP contribution in [0.4, 0.5) is 0 Å². The summed E-state index contributed by atoms with van der Waals surface area (Å²) >= 11 is 5.16. The third-order valence-corrected chi connectivity index (χ3v) is 8.71. The first kappa shape index (κ1) is 40.0. The van der Waals surface area contributed by atoms with E-state index in [1.54, 1.807) is 62.2 Å². The number of thioether (sulfide) groups is 1. The highest BCUT2D eigenvalue weighted by molar-refractivity contribution is 8.14. The maximum Gasteiger partial charge on any atom is 0.324 e. The van der Waals surface area contributed by atoms with Gasteiger partial charge >= 0.3 is 11.9 Å². The maximum atomic E-state index is 12.9. The Balaban J connectivity index is 0.000000353. The number of carbonyl (C=O) groups excluding carboxylic acids is 3. The smallest absolute Gasteiger partial charge is 0.324 e. The number of benzene rings is 3. The highest BCUT2D eigenvalue weighted by Gasteiger charge is 2.27. The molecule has 258 valence electrons. The van der Waals surface area contributed by atoms with E-state index >= 15 is 0 Å². The molecule has 2 N–H and O–H groups in total. The van der Waals surface area contributed by atoms with Crippen molar-refractivity contribution in [3.63, 3.8) is 0 Å². The molecule has 2 amide bonds. The van der Waals surface area contributed by atoms with E-state index in [9.17, 15) is 29.1 Å². The summed E-state index contributed by atoms with van der Waals surface area (Å²) in [5.41, 5.74) is 2.56. The summed E-state index contributed by atoms with van der Waals surface area (Å²) in [6, 6.07) is 28.0. The Hall–Kier alpha value is -4.17. The number of hydrogen-bond donors (Lipinski definition) is 3. The molecular weight excluding hydrogens is 653 g/mol. The van der Waals surface area contributed by atoms with Gasteiger partial charge in [-0.2, -0.15) is 12.6 Å². The quantitative estimate of drug-likeness (QED) is 0.143. The van der Waals surface area contributed by atoms with Crippen molar-refractivity contribution in [3.05, 3.63) is 108 Å². The summed E-state index contributed by atoms with van der Waals surface area (Å²) in [7, 11) is 3.39. The zero-order valence-corrected chi connectivity index (χ0v) is 29.3. The molecule has 0 bridgehead atoms. The fraction of sp³-hybridized carbons (Fsp3) is 0.343. The Kier molecular flexibility index (Phi) is 17.4. The Morgan fingerprint density at radius 3 is 1.40 bits per heavy atom. The minimum Gasteiger partial charge on any atom is -0.480 e. The second-order valence-corrected chi connectivity index (χ2v) is 12.5. The largest absolute Gasteiger partial charge is 0.480 e. The first-order chi connectivity index (χ1) is 22.8. The number of hydrazine groups is 2. The van der Waals surface area contributed by atoms with Crippen molar-refractivity contribution >= 4 is 53.3 Å². The van der Waals surface area contributed by atoms with Gasteiger partial charge in [-0.3, -0.25) is 34.0 Å². The third-order valence-electron chi connectivity index (χ3n) is 7.00. The van der Waals surface area contributed by atoms with E-state index in [1.165, 1.54) is 10.0 Å². The molecule has 0 aliphatic heterocycles. The van der Waals surface area contributed by atoms with Gasteiger partial charge in [0.1, 0.15) is 13.1 Å². The van der Waals surface area contributed by atoms with Gasteiger partial charge in [0.2, 0.25) is 16.9 Å². The first-order valence-corrected chi connectivity index (χ1v) is 16.8. The first-order valence-electron chi connectivity index (χ1n) is 15.2. The number of carboxylic acids is 2. The van der Waals surface area contributed by atoms with Crippen LogP contribution in [-0.4, -0.2) is 97.8 Å². The molecule has 3 aromatic rings. The molecule has 48 heavy (non-hydrogen) atoms. The molecule has 3 rings (SSSR count). The van der Waals surface area contributed by atoms with E-state index in [0.29, 0.717) is 24.4 Å². The average Bonchev–Trinajstić information content (AvgIpc) is 3.08. The van der Waals surface area contributed by atoms with Gasteiger partial charge in [-0.15, -0.1) is 0 Å². The van der Waals surface area contributed by atoms with E-state index in [-0.39, 0.29) is 35.1 Å². The van der Waals surface area contributed by atoms with Gasteiger partial charge in [0.15, 0.2) is 0 Å². The van der Waals surface area contributed by atoms with Gasteiger partial charge in [-0.05, 0) is 11.1 Å². The molecular formula is C35H44N4O7S2. The molecule has 0 aromatic heterocycles. The SMILES string of the molecule is CC(CS)C(=O)N(CC(=O)O)N(C)Cc1ccccc1.CC(CSC(=O)c1ccccc1)C(=O)N(CC(=O)O)N(C)Cc1ccccc1. The van der Waals surface area contributed by atoms with Crippen LogP contribution in [0.25, 0.3) is 0 Å². The second kappa shape index (κ2) is 20.9. The highest BCUT2D eigenvalue weighted by Crippen LogP contribution is 2.18. The molecule has 0 spiro atoms. The summed E-state index contributed by atoms with van der Waals surface area (Å²) in [6.07, 6.45) is 0. The average molecular weight is 697 g/mol. The summed E-state index contributed by atoms with van der Waals surface area (Å²) in [5, 5.41) is 23.8. The van der Waals surface area contributed by atoms with Crippen molar-refractivity contribution in [2.24, 2.45) is 11.8 Å². The van der Waals surface area contributed by atoms with E-state index in [2.05, 4.69) is 12.6 Å². The number of rotatable bonds is 16. The van der Waals surface area contributed by atoms with Crippen LogP contribution in [0.3, 0.4) is 0 Å². The predicted molar refractivity (Wildman–Crippen MR) is 190 cm³/mol. The van der Waals surface area contributed by atoms with Crippen LogP contribution in [-0.2, 0) is 32.3 Å². The third kappa shape index (κ3) is 13.9. The van der Waals surface area contributed by atoms with Crippen LogP contribution in [0.2, 0.25) is 0 Å². The molecule has 0 radical (unpaired) electrons. The van der Waals surface area contributed by atoms with Crippen LogP contribution < -0.4 is 0 Å². The zero-order chi connectivity index (χ0) is 35.6. The molecule has 2 unspecified atom stereocenters. The fourth-order valence-electron chi connectivity index (χ4n) is 4.37. The van der Waals surface area contributed by atoms with Crippen LogP contribution in [0.1, 0.15) is 35.3 Å². The number of hydrogen-bond acceptors (Lipinski definition) is 9. The van der Waals surface area contributed by atoms with Crippen molar-refractivity contribution in [1.82, 2.24) is 20.0 Å². The van der Waals surface area contributed by atoms with Crippen LogP contribution in [0.15, 0.2) is 91.0 Å². The summed E-state index contributed by atoms with van der Waals surface area (Å²) in [4.78, 5) is 59.5. The predicted octanol–water partition coefficient (Wildman–Crippen LogP) is 4.67. The topological polar surface area (TPSA) is 139 Å². The maximum absolute atomic E-state index is 12.9. The van der Waals surface area contributed by atoms with E-state index in [4.69, 9.17) is 5.11 Å². The van der Waals surface area contributed by atoms with Crippen molar-refractivity contribution < 1.29 is 34.2 Å². The van der Waals surface area contributed by atoms with E-state index < -0.39 is 24.4 Å². The van der Waals surface area contributed by atoms with Crippen LogP contribution >= 0.6 is 24.4 Å². The van der Waals surface area contributed by atoms with E-state index in [1.807, 2.05) is 66.7 Å². The van der Waals surface area contributed by atoms with Gasteiger partial charge in [-0.25, -0.2) is 10.0 Å². The molecule has 0 aliphatic carbocycles. The molecule has 0 saturated carbocycles. The molecule has 11 nitrogen and oxygen atoms in total. The summed E-state index contributed by atoms with van der Waals surface area (Å²) in [6.45, 7) is 3.55. The zero-order valence-electron chi connectivity index (χ0n) is 27.6. The standard InChI is InChI=1S/C21H24N2O4S.C14H20N2O3S/c1-16(15-28-21(27)18-11-7-4-8-12-18)20(26)23(14-19(24)25)22(2)13-17-9-5-3-6-10-17;1-11(10-20)14(19)16(9-13(17)18)15(2)8-12-6-4-3-5-7-12/h3-12,16H,13-15H2,1-2H3,(H,24,25);3-7,11,20H,8-10H2,1-2H3,(H,17,18). The molecule has 3 aromatic carbocycles. The van der Waals surface area contributed by atoms with Gasteiger partial charge in [-0.1, -0.05) is 117 Å². The number of amides is 2. The van der Waals surface area contributed by atoms with Gasteiger partial charge in [0.05, 0.1) is 0 Å². The Morgan fingerprint density at radius 1 is 0.646 bits per heavy atom. The Bertz CT molecular complexity index is 1470. The monoisotopic (exact) mass is 696 g/mol. The molecule has 2 atom stereocenters. The lowest BCUT2D eigenvalue weighted by Gasteiger charge is -2.32. The molecule has 0 saturated heterocycles. The lowest BCUT2D eigenvalue weighted by atomic mass is 10.2. The Labute approximate surface area is 291 Å². The molecule has 0 aliphatic rings.